The molecule has 0 spiro atoms. The van der Waals surface area contributed by atoms with Crippen LogP contribution in [0.3, 0.4) is 0 Å². The van der Waals surface area contributed by atoms with Gasteiger partial charge >= 0.3 is 0 Å². The number of hydrogen-bond donors (Lipinski definition) is 0. The SMILES string of the molecule is CCN1CCN([C@@H]2CC(=O)N(c3ccccc3Br)C2=O)CC1. The highest BCUT2D eigenvalue weighted by molar-refractivity contribution is 9.10. The maximum atomic E-state index is 12.7. The van der Waals surface area contributed by atoms with Crippen LogP contribution in [0, 0.1) is 0 Å². The second-order valence-corrected chi connectivity index (χ2v) is 6.56. The maximum absolute atomic E-state index is 12.7. The molecular weight excluding hydrogens is 346 g/mol. The number of benzene rings is 1. The summed E-state index contributed by atoms with van der Waals surface area (Å²) < 4.78 is 0.771. The minimum Gasteiger partial charge on any atom is -0.301 e. The number of anilines is 1. The third-order valence-corrected chi connectivity index (χ3v) is 5.18. The minimum atomic E-state index is -0.307. The summed E-state index contributed by atoms with van der Waals surface area (Å²) in [4.78, 5) is 31.0. The fourth-order valence-corrected chi connectivity index (χ4v) is 3.64. The number of imide groups is 1. The van der Waals surface area contributed by atoms with E-state index >= 15 is 0 Å². The summed E-state index contributed by atoms with van der Waals surface area (Å²) in [6, 6.07) is 7.06. The normalized spacial score (nSPS) is 24.3. The molecule has 2 saturated heterocycles. The van der Waals surface area contributed by atoms with Gasteiger partial charge in [0.1, 0.15) is 0 Å². The van der Waals surface area contributed by atoms with Crippen LogP contribution in [-0.2, 0) is 9.59 Å². The lowest BCUT2D eigenvalue weighted by Gasteiger charge is -2.36. The number of rotatable bonds is 3. The molecule has 1 aromatic rings. The first-order valence-corrected chi connectivity index (χ1v) is 8.49. The lowest BCUT2D eigenvalue weighted by molar-refractivity contribution is -0.123. The summed E-state index contributed by atoms with van der Waals surface area (Å²) in [5.41, 5.74) is 0.646. The first kappa shape index (κ1) is 15.6. The summed E-state index contributed by atoms with van der Waals surface area (Å²) in [5.74, 6) is -0.207. The van der Waals surface area contributed by atoms with Crippen LogP contribution in [0.2, 0.25) is 0 Å². The molecule has 0 bridgehead atoms. The zero-order valence-electron chi connectivity index (χ0n) is 12.7. The number of carbonyl (C=O) groups is 2. The van der Waals surface area contributed by atoms with E-state index in [9.17, 15) is 9.59 Å². The van der Waals surface area contributed by atoms with Crippen molar-refractivity contribution in [2.75, 3.05) is 37.6 Å². The van der Waals surface area contributed by atoms with E-state index in [4.69, 9.17) is 0 Å². The van der Waals surface area contributed by atoms with Crippen LogP contribution < -0.4 is 4.90 Å². The molecule has 2 amide bonds. The number of hydrogen-bond acceptors (Lipinski definition) is 4. The number of nitrogens with zero attached hydrogens (tertiary/aromatic N) is 3. The van der Waals surface area contributed by atoms with Crippen LogP contribution in [0.25, 0.3) is 0 Å². The van der Waals surface area contributed by atoms with Crippen molar-refractivity contribution >= 4 is 33.4 Å². The Kier molecular flexibility index (Phi) is 4.61. The van der Waals surface area contributed by atoms with Gasteiger partial charge < -0.3 is 4.90 Å². The Morgan fingerprint density at radius 3 is 2.45 bits per heavy atom. The second kappa shape index (κ2) is 6.48. The molecule has 0 aromatic heterocycles. The number of likely N-dealkylation sites (N-methyl/N-ethyl adjacent to an activating group) is 1. The van der Waals surface area contributed by atoms with Crippen molar-refractivity contribution in [2.24, 2.45) is 0 Å². The van der Waals surface area contributed by atoms with Crippen LogP contribution in [-0.4, -0.2) is 60.4 Å². The highest BCUT2D eigenvalue weighted by Crippen LogP contribution is 2.31. The van der Waals surface area contributed by atoms with Crippen LogP contribution >= 0.6 is 15.9 Å². The summed E-state index contributed by atoms with van der Waals surface area (Å²) in [6.07, 6.45) is 0.284. The Morgan fingerprint density at radius 2 is 1.82 bits per heavy atom. The van der Waals surface area contributed by atoms with Gasteiger partial charge in [-0.25, -0.2) is 4.90 Å². The average molecular weight is 366 g/mol. The number of para-hydroxylation sites is 1. The molecule has 0 radical (unpaired) electrons. The molecule has 0 aliphatic carbocycles. The van der Waals surface area contributed by atoms with E-state index in [1.54, 1.807) is 6.07 Å². The van der Waals surface area contributed by atoms with Crippen LogP contribution in [0.5, 0.6) is 0 Å². The van der Waals surface area contributed by atoms with Gasteiger partial charge in [-0.05, 0) is 34.6 Å². The van der Waals surface area contributed by atoms with E-state index in [-0.39, 0.29) is 24.3 Å². The molecular formula is C16H20BrN3O2. The van der Waals surface area contributed by atoms with E-state index in [0.717, 1.165) is 37.2 Å². The number of amides is 2. The number of piperazine rings is 1. The fourth-order valence-electron chi connectivity index (χ4n) is 3.18. The van der Waals surface area contributed by atoms with Gasteiger partial charge in [0.15, 0.2) is 0 Å². The first-order valence-electron chi connectivity index (χ1n) is 7.69. The molecule has 0 saturated carbocycles. The second-order valence-electron chi connectivity index (χ2n) is 5.71. The highest BCUT2D eigenvalue weighted by atomic mass is 79.9. The molecule has 2 heterocycles. The molecule has 22 heavy (non-hydrogen) atoms. The molecule has 1 atom stereocenters. The van der Waals surface area contributed by atoms with E-state index in [2.05, 4.69) is 32.7 Å². The summed E-state index contributed by atoms with van der Waals surface area (Å²) >= 11 is 3.43. The molecule has 5 nitrogen and oxygen atoms in total. The largest absolute Gasteiger partial charge is 0.301 e. The van der Waals surface area contributed by atoms with Crippen LogP contribution in [0.4, 0.5) is 5.69 Å². The lowest BCUT2D eigenvalue weighted by atomic mass is 10.1. The van der Waals surface area contributed by atoms with E-state index in [1.165, 1.54) is 4.90 Å². The van der Waals surface area contributed by atoms with Crippen LogP contribution in [0.1, 0.15) is 13.3 Å². The minimum absolute atomic E-state index is 0.0955. The van der Waals surface area contributed by atoms with Gasteiger partial charge in [-0.3, -0.25) is 14.5 Å². The van der Waals surface area contributed by atoms with Crippen molar-refractivity contribution in [3.05, 3.63) is 28.7 Å². The Hall–Kier alpha value is -1.24. The molecule has 0 unspecified atom stereocenters. The molecule has 6 heteroatoms. The fraction of sp³-hybridized carbons (Fsp3) is 0.500. The van der Waals surface area contributed by atoms with Gasteiger partial charge in [-0.15, -0.1) is 0 Å². The number of carbonyl (C=O) groups excluding carboxylic acids is 2. The van der Waals surface area contributed by atoms with Gasteiger partial charge in [-0.2, -0.15) is 0 Å². The summed E-state index contributed by atoms with van der Waals surface area (Å²) in [7, 11) is 0. The monoisotopic (exact) mass is 365 g/mol. The smallest absolute Gasteiger partial charge is 0.251 e. The Morgan fingerprint density at radius 1 is 1.14 bits per heavy atom. The standard InChI is InChI=1S/C16H20BrN3O2/c1-2-18-7-9-19(10-8-18)14-11-15(21)20(16(14)22)13-6-4-3-5-12(13)17/h3-6,14H,2,7-11H2,1H3/t14-/m1/s1. The Labute approximate surface area is 139 Å². The number of halogens is 1. The molecule has 118 valence electrons. The van der Waals surface area contributed by atoms with Crippen molar-refractivity contribution in [1.29, 1.82) is 0 Å². The van der Waals surface area contributed by atoms with Gasteiger partial charge in [-0.1, -0.05) is 19.1 Å². The van der Waals surface area contributed by atoms with Crippen molar-refractivity contribution < 1.29 is 9.59 Å². The highest BCUT2D eigenvalue weighted by Gasteiger charge is 2.43. The third kappa shape index (κ3) is 2.83. The summed E-state index contributed by atoms with van der Waals surface area (Å²) in [5, 5.41) is 0. The topological polar surface area (TPSA) is 43.9 Å². The quantitative estimate of drug-likeness (QED) is 0.765. The molecule has 2 fully saturated rings. The van der Waals surface area contributed by atoms with Crippen LogP contribution in [0.15, 0.2) is 28.7 Å². The Bertz CT molecular complexity index is 585. The molecule has 0 N–H and O–H groups in total. The maximum Gasteiger partial charge on any atom is 0.251 e. The van der Waals surface area contributed by atoms with Gasteiger partial charge in [0.25, 0.3) is 5.91 Å². The zero-order valence-corrected chi connectivity index (χ0v) is 14.3. The zero-order chi connectivity index (χ0) is 15.7. The van der Waals surface area contributed by atoms with E-state index in [1.807, 2.05) is 18.2 Å². The lowest BCUT2D eigenvalue weighted by Crippen LogP contribution is -2.52. The predicted molar refractivity (Wildman–Crippen MR) is 88.7 cm³/mol. The Balaban J connectivity index is 1.76. The van der Waals surface area contributed by atoms with Gasteiger partial charge in [0.2, 0.25) is 5.91 Å². The molecule has 2 aliphatic heterocycles. The van der Waals surface area contributed by atoms with E-state index in [0.29, 0.717) is 5.69 Å². The van der Waals surface area contributed by atoms with Crippen molar-refractivity contribution in [1.82, 2.24) is 9.80 Å². The van der Waals surface area contributed by atoms with Gasteiger partial charge in [0.05, 0.1) is 18.2 Å². The van der Waals surface area contributed by atoms with Crippen molar-refractivity contribution in [3.8, 4) is 0 Å². The van der Waals surface area contributed by atoms with Gasteiger partial charge in [0, 0.05) is 30.7 Å². The van der Waals surface area contributed by atoms with Crippen molar-refractivity contribution in [3.63, 3.8) is 0 Å². The average Bonchev–Trinajstić information content (AvgIpc) is 2.83. The van der Waals surface area contributed by atoms with E-state index < -0.39 is 0 Å². The van der Waals surface area contributed by atoms with Crippen molar-refractivity contribution in [2.45, 2.75) is 19.4 Å². The third-order valence-electron chi connectivity index (χ3n) is 4.51. The molecule has 3 rings (SSSR count). The predicted octanol–water partition coefficient (Wildman–Crippen LogP) is 1.72. The first-order chi connectivity index (χ1) is 10.6. The molecule has 1 aromatic carbocycles. The molecule has 2 aliphatic rings. The summed E-state index contributed by atoms with van der Waals surface area (Å²) in [6.45, 7) is 6.80.